The molecule has 0 bridgehead atoms. The van der Waals surface area contributed by atoms with Crippen molar-refractivity contribution in [2.75, 3.05) is 13.6 Å². The fourth-order valence-corrected chi connectivity index (χ4v) is 2.05. The molecule has 0 amide bonds. The molecule has 2 rings (SSSR count). The number of benzene rings is 2. The van der Waals surface area contributed by atoms with Crippen LogP contribution in [-0.2, 0) is 0 Å². The Morgan fingerprint density at radius 3 is 2.35 bits per heavy atom. The molecule has 0 aliphatic heterocycles. The summed E-state index contributed by atoms with van der Waals surface area (Å²) in [4.78, 5) is 2.13. The van der Waals surface area contributed by atoms with Gasteiger partial charge >= 0.3 is 0 Å². The maximum absolute atomic E-state index is 6.23. The molecule has 0 heterocycles. The van der Waals surface area contributed by atoms with Crippen LogP contribution in [0.25, 0.3) is 6.08 Å². The Bertz CT molecular complexity index is 543. The Morgan fingerprint density at radius 2 is 1.70 bits per heavy atom. The summed E-state index contributed by atoms with van der Waals surface area (Å²) in [6.07, 6.45) is 4.21. The minimum atomic E-state index is -0.0705. The van der Waals surface area contributed by atoms with E-state index in [4.69, 9.17) is 5.73 Å². The molecule has 2 heteroatoms. The molecular formula is C18H22N2. The van der Waals surface area contributed by atoms with Crippen molar-refractivity contribution in [1.29, 1.82) is 0 Å². The highest BCUT2D eigenvalue weighted by atomic mass is 15.2. The number of aryl methyl sites for hydroxylation is 1. The molecule has 2 aromatic rings. The van der Waals surface area contributed by atoms with Gasteiger partial charge in [-0.25, -0.2) is 0 Å². The van der Waals surface area contributed by atoms with Gasteiger partial charge in [0.05, 0.1) is 6.17 Å². The Kier molecular flexibility index (Phi) is 5.10. The van der Waals surface area contributed by atoms with Crippen molar-refractivity contribution in [3.63, 3.8) is 0 Å². The monoisotopic (exact) mass is 266 g/mol. The molecule has 0 aliphatic carbocycles. The number of hydrogen-bond acceptors (Lipinski definition) is 2. The van der Waals surface area contributed by atoms with E-state index in [1.165, 1.54) is 11.1 Å². The second-order valence-corrected chi connectivity index (χ2v) is 5.11. The van der Waals surface area contributed by atoms with Crippen molar-refractivity contribution < 1.29 is 0 Å². The van der Waals surface area contributed by atoms with E-state index in [9.17, 15) is 0 Å². The largest absolute Gasteiger partial charge is 0.312 e. The average Bonchev–Trinajstić information content (AvgIpc) is 2.49. The lowest BCUT2D eigenvalue weighted by molar-refractivity contribution is 0.277. The van der Waals surface area contributed by atoms with Crippen LogP contribution >= 0.6 is 0 Å². The highest BCUT2D eigenvalue weighted by Gasteiger charge is 2.09. The summed E-state index contributed by atoms with van der Waals surface area (Å²) in [6, 6.07) is 18.7. The van der Waals surface area contributed by atoms with Crippen LogP contribution in [0.4, 0.5) is 0 Å². The van der Waals surface area contributed by atoms with E-state index in [-0.39, 0.29) is 6.17 Å². The Labute approximate surface area is 121 Å². The molecule has 0 aliphatic rings. The standard InChI is InChI=1S/C18H22N2/c1-15-10-12-16(13-11-15)7-6-14-20(2)18(19)17-8-4-3-5-9-17/h3-13,18H,14,19H2,1-2H3. The van der Waals surface area contributed by atoms with Crippen molar-refractivity contribution >= 4 is 6.08 Å². The number of nitrogens with two attached hydrogens (primary N) is 1. The molecular weight excluding hydrogens is 244 g/mol. The number of rotatable bonds is 5. The second kappa shape index (κ2) is 7.04. The predicted molar refractivity (Wildman–Crippen MR) is 86.2 cm³/mol. The minimum Gasteiger partial charge on any atom is -0.312 e. The van der Waals surface area contributed by atoms with Gasteiger partial charge in [0.15, 0.2) is 0 Å². The van der Waals surface area contributed by atoms with Gasteiger partial charge in [-0.2, -0.15) is 0 Å². The van der Waals surface area contributed by atoms with Gasteiger partial charge in [0, 0.05) is 6.54 Å². The van der Waals surface area contributed by atoms with E-state index in [0.717, 1.165) is 12.1 Å². The quantitative estimate of drug-likeness (QED) is 0.838. The van der Waals surface area contributed by atoms with Gasteiger partial charge in [0.25, 0.3) is 0 Å². The van der Waals surface area contributed by atoms with Gasteiger partial charge in [-0.3, -0.25) is 4.90 Å². The Hall–Kier alpha value is -1.90. The van der Waals surface area contributed by atoms with Crippen LogP contribution in [-0.4, -0.2) is 18.5 Å². The van der Waals surface area contributed by atoms with Gasteiger partial charge in [0.1, 0.15) is 0 Å². The number of hydrogen-bond donors (Lipinski definition) is 1. The summed E-state index contributed by atoms with van der Waals surface area (Å²) in [5.74, 6) is 0. The molecule has 104 valence electrons. The smallest absolute Gasteiger partial charge is 0.0835 e. The van der Waals surface area contributed by atoms with Gasteiger partial charge < -0.3 is 5.73 Å². The maximum atomic E-state index is 6.23. The number of nitrogens with zero attached hydrogens (tertiary/aromatic N) is 1. The Morgan fingerprint density at radius 1 is 1.05 bits per heavy atom. The minimum absolute atomic E-state index is 0.0705. The zero-order valence-electron chi connectivity index (χ0n) is 12.2. The molecule has 0 spiro atoms. The molecule has 2 N–H and O–H groups in total. The third-order valence-corrected chi connectivity index (χ3v) is 3.40. The third-order valence-electron chi connectivity index (χ3n) is 3.40. The summed E-state index contributed by atoms with van der Waals surface area (Å²) in [5, 5.41) is 0. The maximum Gasteiger partial charge on any atom is 0.0835 e. The summed E-state index contributed by atoms with van der Waals surface area (Å²) in [7, 11) is 2.04. The molecule has 1 unspecified atom stereocenters. The fourth-order valence-electron chi connectivity index (χ4n) is 2.05. The summed E-state index contributed by atoms with van der Waals surface area (Å²) >= 11 is 0. The zero-order valence-corrected chi connectivity index (χ0v) is 12.2. The highest BCUT2D eigenvalue weighted by Crippen LogP contribution is 2.13. The van der Waals surface area contributed by atoms with Crippen LogP contribution in [0.3, 0.4) is 0 Å². The van der Waals surface area contributed by atoms with Gasteiger partial charge in [-0.1, -0.05) is 72.3 Å². The van der Waals surface area contributed by atoms with Crippen LogP contribution in [0.5, 0.6) is 0 Å². The van der Waals surface area contributed by atoms with Gasteiger partial charge in [-0.05, 0) is 25.1 Å². The van der Waals surface area contributed by atoms with Crippen molar-refractivity contribution in [1.82, 2.24) is 4.90 Å². The molecule has 0 radical (unpaired) electrons. The lowest BCUT2D eigenvalue weighted by Gasteiger charge is -2.23. The van der Waals surface area contributed by atoms with Crippen molar-refractivity contribution in [3.05, 3.63) is 77.4 Å². The molecule has 0 saturated heterocycles. The van der Waals surface area contributed by atoms with E-state index >= 15 is 0 Å². The fraction of sp³-hybridized carbons (Fsp3) is 0.222. The van der Waals surface area contributed by atoms with Crippen LogP contribution < -0.4 is 5.73 Å². The van der Waals surface area contributed by atoms with Gasteiger partial charge in [0.2, 0.25) is 0 Å². The molecule has 20 heavy (non-hydrogen) atoms. The van der Waals surface area contributed by atoms with Crippen LogP contribution in [0.15, 0.2) is 60.7 Å². The van der Waals surface area contributed by atoms with E-state index in [1.807, 2.05) is 25.2 Å². The summed E-state index contributed by atoms with van der Waals surface area (Å²) < 4.78 is 0. The molecule has 2 aromatic carbocycles. The SMILES string of the molecule is Cc1ccc(C=CCN(C)C(N)c2ccccc2)cc1. The lowest BCUT2D eigenvalue weighted by atomic mass is 10.1. The molecule has 2 nitrogen and oxygen atoms in total. The number of likely N-dealkylation sites (N-methyl/N-ethyl adjacent to an activating group) is 1. The normalized spacial score (nSPS) is 13.0. The van der Waals surface area contributed by atoms with E-state index in [0.29, 0.717) is 0 Å². The van der Waals surface area contributed by atoms with E-state index < -0.39 is 0 Å². The highest BCUT2D eigenvalue weighted by molar-refractivity contribution is 5.49. The lowest BCUT2D eigenvalue weighted by Crippen LogP contribution is -2.31. The summed E-state index contributed by atoms with van der Waals surface area (Å²) in [5.41, 5.74) is 9.87. The van der Waals surface area contributed by atoms with Crippen molar-refractivity contribution in [3.8, 4) is 0 Å². The first kappa shape index (κ1) is 14.5. The average molecular weight is 266 g/mol. The van der Waals surface area contributed by atoms with Crippen molar-refractivity contribution in [2.45, 2.75) is 13.1 Å². The molecule has 0 saturated carbocycles. The Balaban J connectivity index is 1.91. The molecule has 0 aromatic heterocycles. The van der Waals surface area contributed by atoms with E-state index in [2.05, 4.69) is 60.4 Å². The molecule has 1 atom stereocenters. The van der Waals surface area contributed by atoms with Crippen LogP contribution in [0.1, 0.15) is 22.9 Å². The summed E-state index contributed by atoms with van der Waals surface area (Å²) in [6.45, 7) is 2.92. The van der Waals surface area contributed by atoms with Crippen molar-refractivity contribution in [2.24, 2.45) is 5.73 Å². The first-order valence-electron chi connectivity index (χ1n) is 6.91. The third kappa shape index (κ3) is 4.05. The topological polar surface area (TPSA) is 29.3 Å². The first-order chi connectivity index (χ1) is 9.66. The second-order valence-electron chi connectivity index (χ2n) is 5.11. The van der Waals surface area contributed by atoms with Crippen LogP contribution in [0, 0.1) is 6.92 Å². The van der Waals surface area contributed by atoms with E-state index in [1.54, 1.807) is 0 Å². The van der Waals surface area contributed by atoms with Gasteiger partial charge in [-0.15, -0.1) is 0 Å². The zero-order chi connectivity index (χ0) is 14.4. The predicted octanol–water partition coefficient (Wildman–Crippen LogP) is 3.60. The molecule has 0 fully saturated rings. The first-order valence-corrected chi connectivity index (χ1v) is 6.91. The van der Waals surface area contributed by atoms with Crippen LogP contribution in [0.2, 0.25) is 0 Å².